The van der Waals surface area contributed by atoms with Crippen LogP contribution in [-0.2, 0) is 9.53 Å². The average Bonchev–Trinajstić information content (AvgIpc) is 3.05. The second-order valence-electron chi connectivity index (χ2n) is 9.44. The molecule has 2 atom stereocenters. The number of amides is 1. The number of nitrogens with zero attached hydrogens (tertiary/aromatic N) is 5. The minimum absolute atomic E-state index is 0.0307. The van der Waals surface area contributed by atoms with Gasteiger partial charge in [-0.3, -0.25) is 4.79 Å². The molecule has 1 N–H and O–H groups in total. The van der Waals surface area contributed by atoms with Gasteiger partial charge in [-0.1, -0.05) is 0 Å². The molecule has 4 heterocycles. The minimum Gasteiger partial charge on any atom is -0.375 e. The molecule has 3 fully saturated rings. The van der Waals surface area contributed by atoms with Crippen molar-refractivity contribution in [3.63, 3.8) is 0 Å². The highest BCUT2D eigenvalue weighted by Gasteiger charge is 2.40. The number of fused-ring (bicyclic) bond motifs is 2. The molecule has 0 spiro atoms. The van der Waals surface area contributed by atoms with Gasteiger partial charge in [-0.05, 0) is 76.7 Å². The lowest BCUT2D eigenvalue weighted by molar-refractivity contribution is -0.124. The van der Waals surface area contributed by atoms with Crippen molar-refractivity contribution in [3.8, 4) is 0 Å². The number of hydrogen-bond donors (Lipinski definition) is 1. The van der Waals surface area contributed by atoms with Crippen LogP contribution in [0.4, 0.5) is 5.95 Å². The zero-order valence-corrected chi connectivity index (χ0v) is 19.1. The fourth-order valence-electron chi connectivity index (χ4n) is 5.48. The van der Waals surface area contributed by atoms with Crippen molar-refractivity contribution >= 4 is 11.9 Å². The molecule has 3 saturated heterocycles. The Kier molecular flexibility index (Phi) is 7.74. The van der Waals surface area contributed by atoms with E-state index in [1.54, 1.807) is 7.11 Å². The molecule has 8 nitrogen and oxygen atoms in total. The zero-order chi connectivity index (χ0) is 21.6. The third-order valence-corrected chi connectivity index (χ3v) is 7.11. The molecular weight excluding hydrogens is 392 g/mol. The third-order valence-electron chi connectivity index (χ3n) is 7.11. The first-order valence-corrected chi connectivity index (χ1v) is 11.9. The number of likely N-dealkylation sites (tertiary alicyclic amines) is 2. The van der Waals surface area contributed by atoms with Crippen molar-refractivity contribution in [2.45, 2.75) is 56.5 Å². The summed E-state index contributed by atoms with van der Waals surface area (Å²) in [6, 6.07) is 1.15. The molecular formula is C23H38N6O2. The number of carbonyl (C=O) groups excluding carboxylic acids is 1. The monoisotopic (exact) mass is 430 g/mol. The van der Waals surface area contributed by atoms with Crippen LogP contribution in [0.3, 0.4) is 0 Å². The fourth-order valence-corrected chi connectivity index (χ4v) is 5.48. The summed E-state index contributed by atoms with van der Waals surface area (Å²) in [6.45, 7) is 6.50. The van der Waals surface area contributed by atoms with Crippen LogP contribution in [0.25, 0.3) is 0 Å². The van der Waals surface area contributed by atoms with Crippen LogP contribution in [0, 0.1) is 0 Å². The van der Waals surface area contributed by atoms with Crippen LogP contribution in [-0.4, -0.2) is 97.8 Å². The maximum Gasteiger partial charge on any atom is 0.245 e. The summed E-state index contributed by atoms with van der Waals surface area (Å²) in [5.41, 5.74) is 1.30. The molecule has 2 bridgehead atoms. The molecule has 1 aromatic heterocycles. The number of unbranched alkanes of at least 4 members (excludes halogenated alkanes) is 1. The molecule has 31 heavy (non-hydrogen) atoms. The zero-order valence-electron chi connectivity index (χ0n) is 19.1. The molecule has 1 amide bonds. The Morgan fingerprint density at radius 3 is 2.42 bits per heavy atom. The van der Waals surface area contributed by atoms with E-state index in [4.69, 9.17) is 14.7 Å². The highest BCUT2D eigenvalue weighted by Crippen LogP contribution is 2.33. The van der Waals surface area contributed by atoms with Gasteiger partial charge in [0.2, 0.25) is 11.9 Å². The number of rotatable bonds is 9. The maximum absolute atomic E-state index is 11.4. The Morgan fingerprint density at radius 2 is 1.77 bits per heavy atom. The second-order valence-corrected chi connectivity index (χ2v) is 9.44. The first-order chi connectivity index (χ1) is 15.1. The molecule has 4 rings (SSSR count). The standard InChI is InChI=1S/C23H38N6O2/c1-27-15-20-5-6-21(16-27)29(20)23-25-13-19(14-26-23)18-7-11-28(12-8-18)10-4-3-9-24-22(30)17-31-2/h13-14,18,20-21H,3-12,15-17H2,1-2H3,(H,24,30). The molecule has 0 aliphatic carbocycles. The molecule has 0 radical (unpaired) electrons. The summed E-state index contributed by atoms with van der Waals surface area (Å²) in [4.78, 5) is 28.4. The highest BCUT2D eigenvalue weighted by molar-refractivity contribution is 5.77. The summed E-state index contributed by atoms with van der Waals surface area (Å²) < 4.78 is 4.82. The number of ether oxygens (including phenoxy) is 1. The predicted octanol–water partition coefficient (Wildman–Crippen LogP) is 1.48. The Morgan fingerprint density at radius 1 is 1.10 bits per heavy atom. The molecule has 3 aliphatic rings. The van der Waals surface area contributed by atoms with Gasteiger partial charge in [0.25, 0.3) is 0 Å². The van der Waals surface area contributed by atoms with Gasteiger partial charge >= 0.3 is 0 Å². The topological polar surface area (TPSA) is 73.8 Å². The molecule has 0 saturated carbocycles. The lowest BCUT2D eigenvalue weighted by Crippen LogP contribution is -2.53. The number of anilines is 1. The van der Waals surface area contributed by atoms with Gasteiger partial charge in [-0.25, -0.2) is 9.97 Å². The van der Waals surface area contributed by atoms with Crippen molar-refractivity contribution in [1.29, 1.82) is 0 Å². The number of carbonyl (C=O) groups is 1. The second kappa shape index (κ2) is 10.7. The number of nitrogens with one attached hydrogen (secondary N) is 1. The van der Waals surface area contributed by atoms with Crippen LogP contribution >= 0.6 is 0 Å². The SMILES string of the molecule is COCC(=O)NCCCCN1CCC(c2cnc(N3C4CCC3CN(C)C4)nc2)CC1. The smallest absolute Gasteiger partial charge is 0.245 e. The van der Waals surface area contributed by atoms with Crippen LogP contribution in [0.5, 0.6) is 0 Å². The molecule has 8 heteroatoms. The van der Waals surface area contributed by atoms with Gasteiger partial charge in [0, 0.05) is 51.2 Å². The number of likely N-dealkylation sites (N-methyl/N-ethyl adjacent to an activating group) is 1. The maximum atomic E-state index is 11.4. The van der Waals surface area contributed by atoms with Crippen LogP contribution in [0.1, 0.15) is 50.0 Å². The van der Waals surface area contributed by atoms with E-state index in [0.29, 0.717) is 18.0 Å². The van der Waals surface area contributed by atoms with E-state index in [9.17, 15) is 4.79 Å². The van der Waals surface area contributed by atoms with E-state index in [0.717, 1.165) is 58.1 Å². The Hall–Kier alpha value is -1.77. The summed E-state index contributed by atoms with van der Waals surface area (Å²) in [5, 5.41) is 2.89. The van der Waals surface area contributed by atoms with Gasteiger partial charge in [0.1, 0.15) is 6.61 Å². The molecule has 172 valence electrons. The van der Waals surface area contributed by atoms with E-state index in [1.807, 2.05) is 0 Å². The lowest BCUT2D eigenvalue weighted by Gasteiger charge is -2.39. The summed E-state index contributed by atoms with van der Waals surface area (Å²) in [6.07, 6.45) is 11.2. The van der Waals surface area contributed by atoms with Crippen molar-refractivity contribution < 1.29 is 9.53 Å². The summed E-state index contributed by atoms with van der Waals surface area (Å²) >= 11 is 0. The normalized spacial score (nSPS) is 25.2. The lowest BCUT2D eigenvalue weighted by atomic mass is 9.91. The van der Waals surface area contributed by atoms with Crippen molar-refractivity contribution in [1.82, 2.24) is 25.1 Å². The van der Waals surface area contributed by atoms with E-state index < -0.39 is 0 Å². The summed E-state index contributed by atoms with van der Waals surface area (Å²) in [5.74, 6) is 1.47. The van der Waals surface area contributed by atoms with E-state index >= 15 is 0 Å². The van der Waals surface area contributed by atoms with Gasteiger partial charge in [0.15, 0.2) is 0 Å². The first kappa shape index (κ1) is 22.4. The largest absolute Gasteiger partial charge is 0.375 e. The average molecular weight is 431 g/mol. The Labute approximate surface area is 186 Å². The number of aromatic nitrogens is 2. The van der Waals surface area contributed by atoms with Crippen molar-refractivity contribution in [2.24, 2.45) is 0 Å². The molecule has 2 unspecified atom stereocenters. The Balaban J connectivity index is 1.18. The molecule has 0 aromatic carbocycles. The van der Waals surface area contributed by atoms with Gasteiger partial charge in [0.05, 0.1) is 0 Å². The highest BCUT2D eigenvalue weighted by atomic mass is 16.5. The predicted molar refractivity (Wildman–Crippen MR) is 121 cm³/mol. The van der Waals surface area contributed by atoms with Gasteiger partial charge in [-0.15, -0.1) is 0 Å². The number of methoxy groups -OCH3 is 1. The number of piperazine rings is 1. The van der Waals surface area contributed by atoms with Crippen LogP contribution in [0.2, 0.25) is 0 Å². The van der Waals surface area contributed by atoms with E-state index in [2.05, 4.69) is 39.5 Å². The van der Waals surface area contributed by atoms with Crippen molar-refractivity contribution in [3.05, 3.63) is 18.0 Å². The van der Waals surface area contributed by atoms with Gasteiger partial charge in [-0.2, -0.15) is 0 Å². The molecule has 1 aromatic rings. The van der Waals surface area contributed by atoms with Crippen molar-refractivity contribution in [2.75, 3.05) is 64.9 Å². The fraction of sp³-hybridized carbons (Fsp3) is 0.783. The Bertz CT molecular complexity index is 693. The summed E-state index contributed by atoms with van der Waals surface area (Å²) in [7, 11) is 3.76. The minimum atomic E-state index is -0.0307. The number of piperidine rings is 1. The first-order valence-electron chi connectivity index (χ1n) is 11.9. The van der Waals surface area contributed by atoms with Gasteiger partial charge < -0.3 is 24.8 Å². The third kappa shape index (κ3) is 5.73. The quantitative estimate of drug-likeness (QED) is 0.595. The van der Waals surface area contributed by atoms with E-state index in [1.165, 1.54) is 31.2 Å². The molecule has 3 aliphatic heterocycles. The van der Waals surface area contributed by atoms with Crippen LogP contribution in [0.15, 0.2) is 12.4 Å². The number of hydrogen-bond acceptors (Lipinski definition) is 7. The van der Waals surface area contributed by atoms with Crippen LogP contribution < -0.4 is 10.2 Å². The van der Waals surface area contributed by atoms with E-state index in [-0.39, 0.29) is 12.5 Å².